The molecule has 4 N–H and O–H groups in total. The van der Waals surface area contributed by atoms with Gasteiger partial charge in [0, 0.05) is 27.7 Å². The first kappa shape index (κ1) is 22.8. The molecule has 0 aromatic carbocycles. The van der Waals surface area contributed by atoms with Crippen LogP contribution < -0.4 is 0 Å². The van der Waals surface area contributed by atoms with E-state index < -0.39 is 10.2 Å². The number of hydrogen-bond donors (Lipinski definition) is 2. The van der Waals surface area contributed by atoms with Gasteiger partial charge in [-0.25, -0.2) is 0 Å². The Balaban J connectivity index is -0.0000000300. The molecule has 0 radical (unpaired) electrons. The molecule has 0 spiro atoms. The van der Waals surface area contributed by atoms with Crippen molar-refractivity contribution in [2.45, 2.75) is 0 Å². The minimum atomic E-state index is -1.50. The van der Waals surface area contributed by atoms with E-state index in [0.29, 0.717) is 0 Å². The van der Waals surface area contributed by atoms with Crippen LogP contribution in [0, 0.1) is 20.2 Å². The van der Waals surface area contributed by atoms with Crippen LogP contribution in [0.1, 0.15) is 0 Å². The van der Waals surface area contributed by atoms with Crippen LogP contribution in [0.15, 0.2) is 0 Å². The van der Waals surface area contributed by atoms with E-state index in [2.05, 4.69) is 0 Å². The third kappa shape index (κ3) is 582. The molecule has 0 amide bonds. The fourth-order valence-corrected chi connectivity index (χ4v) is 0. The molecule has 9 nitrogen and oxygen atoms in total. The molecule has 0 saturated carbocycles. The fraction of sp³-hybridized carbons (Fsp3) is 0. The van der Waals surface area contributed by atoms with Gasteiger partial charge in [-0.3, -0.25) is 0 Å². The van der Waals surface area contributed by atoms with Gasteiger partial charge in [0.15, 0.2) is 0 Å². The standard InChI is InChI=1S/Hg.2HNO3.H2O/c;2*2-1(3)4;/h;2*(H,2,3,4);1H2. The first-order valence-electron chi connectivity index (χ1n) is 1.13. The maximum absolute atomic E-state index is 8.36. The first-order chi connectivity index (χ1) is 3.46. The zero-order chi connectivity index (χ0) is 7.15. The third-order valence-corrected chi connectivity index (χ3v) is 0. The summed E-state index contributed by atoms with van der Waals surface area (Å²) in [6.45, 7) is 0. The zero-order valence-electron chi connectivity index (χ0n) is 4.63. The molecule has 0 atom stereocenters. The Labute approximate surface area is 74.3 Å². The van der Waals surface area contributed by atoms with E-state index in [1.807, 2.05) is 0 Å². The molecule has 58 valence electrons. The van der Waals surface area contributed by atoms with Crippen LogP contribution in [-0.4, -0.2) is 26.1 Å². The summed E-state index contributed by atoms with van der Waals surface area (Å²) in [5, 5.41) is 27.3. The minimum Gasteiger partial charge on any atom is -0.412 e. The Morgan fingerprint density at radius 2 is 1.00 bits per heavy atom. The molecule has 0 rings (SSSR count). The fourth-order valence-electron chi connectivity index (χ4n) is 0. The summed E-state index contributed by atoms with van der Waals surface area (Å²) < 4.78 is 0. The average Bonchev–Trinajstić information content (AvgIpc) is 1.25. The topological polar surface area (TPSA) is 158 Å². The van der Waals surface area contributed by atoms with Crippen molar-refractivity contribution in [2.24, 2.45) is 0 Å². The zero-order valence-corrected chi connectivity index (χ0v) is 10.1. The quantitative estimate of drug-likeness (QED) is 0.308. The van der Waals surface area contributed by atoms with E-state index in [1.165, 1.54) is 0 Å². The third-order valence-electron chi connectivity index (χ3n) is 0. The molecule has 0 aromatic heterocycles. The van der Waals surface area contributed by atoms with Gasteiger partial charge >= 0.3 is 0 Å². The van der Waals surface area contributed by atoms with Crippen molar-refractivity contribution in [3.63, 3.8) is 0 Å². The number of hydrogen-bond acceptors (Lipinski definition) is 4. The molecule has 0 unspecified atom stereocenters. The van der Waals surface area contributed by atoms with Crippen LogP contribution in [0.5, 0.6) is 0 Å². The maximum atomic E-state index is 8.36. The van der Waals surface area contributed by atoms with Gasteiger partial charge in [-0.05, 0) is 0 Å². The van der Waals surface area contributed by atoms with Crippen LogP contribution in [0.4, 0.5) is 0 Å². The Kier molecular flexibility index (Phi) is 35.9. The molecule has 0 bridgehead atoms. The van der Waals surface area contributed by atoms with Crippen molar-refractivity contribution in [3.05, 3.63) is 20.2 Å². The van der Waals surface area contributed by atoms with Crippen LogP contribution in [-0.2, 0) is 27.7 Å². The molecule has 0 saturated heterocycles. The molecule has 0 aromatic rings. The second-order valence-electron chi connectivity index (χ2n) is 0.476. The Morgan fingerprint density at radius 1 is 1.00 bits per heavy atom. The summed E-state index contributed by atoms with van der Waals surface area (Å²) in [6.07, 6.45) is 0. The van der Waals surface area contributed by atoms with Gasteiger partial charge in [0.25, 0.3) is 10.2 Å². The average molecular weight is 345 g/mol. The predicted octanol–water partition coefficient (Wildman–Crippen LogP) is -1.52. The van der Waals surface area contributed by atoms with Gasteiger partial charge in [-0.2, -0.15) is 0 Å². The Hall–Kier alpha value is -0.705. The molecular formula is H4HgN2O7. The largest absolute Gasteiger partial charge is 0.412 e. The molecule has 10 heteroatoms. The van der Waals surface area contributed by atoms with Gasteiger partial charge in [0.2, 0.25) is 0 Å². The summed E-state index contributed by atoms with van der Waals surface area (Å²) in [7, 11) is 0. The molecule has 0 heterocycles. The molecule has 0 aliphatic heterocycles. The van der Waals surface area contributed by atoms with Crippen LogP contribution in [0.2, 0.25) is 0 Å². The summed E-state index contributed by atoms with van der Waals surface area (Å²) in [6, 6.07) is 0. The van der Waals surface area contributed by atoms with Gasteiger partial charge in [0.05, 0.1) is 0 Å². The molecule has 0 fully saturated rings. The minimum absolute atomic E-state index is 0. The van der Waals surface area contributed by atoms with Crippen molar-refractivity contribution in [1.82, 2.24) is 0 Å². The molecule has 0 aliphatic rings. The monoisotopic (exact) mass is 346 g/mol. The van der Waals surface area contributed by atoms with Gasteiger partial charge < -0.3 is 15.9 Å². The summed E-state index contributed by atoms with van der Waals surface area (Å²) in [5.74, 6) is 0. The Morgan fingerprint density at radius 3 is 1.00 bits per heavy atom. The van der Waals surface area contributed by atoms with Crippen LogP contribution in [0.25, 0.3) is 0 Å². The van der Waals surface area contributed by atoms with Crippen LogP contribution >= 0.6 is 0 Å². The van der Waals surface area contributed by atoms with Crippen molar-refractivity contribution < 1.29 is 53.7 Å². The summed E-state index contributed by atoms with van der Waals surface area (Å²) >= 11 is 0. The van der Waals surface area contributed by atoms with E-state index in [9.17, 15) is 0 Å². The van der Waals surface area contributed by atoms with E-state index in [4.69, 9.17) is 30.6 Å². The van der Waals surface area contributed by atoms with Crippen molar-refractivity contribution >= 4 is 0 Å². The van der Waals surface area contributed by atoms with Crippen LogP contribution in [0.3, 0.4) is 0 Å². The van der Waals surface area contributed by atoms with E-state index in [-0.39, 0.29) is 33.1 Å². The van der Waals surface area contributed by atoms with Gasteiger partial charge in [-0.15, -0.1) is 20.2 Å². The van der Waals surface area contributed by atoms with Crippen molar-refractivity contribution in [2.75, 3.05) is 0 Å². The Bertz CT molecular complexity index is 69.6. The van der Waals surface area contributed by atoms with Gasteiger partial charge in [-0.1, -0.05) is 0 Å². The normalized spacial score (nSPS) is 4.80. The first-order valence-corrected chi connectivity index (χ1v) is 1.13. The smallest absolute Gasteiger partial charge is 0.291 e. The second-order valence-corrected chi connectivity index (χ2v) is 0.476. The SMILES string of the molecule is O.O=[N+]([O-])O.O=[N+]([O-])O.[Hg]. The van der Waals surface area contributed by atoms with Crippen molar-refractivity contribution in [1.29, 1.82) is 0 Å². The van der Waals surface area contributed by atoms with E-state index in [0.717, 1.165) is 0 Å². The maximum Gasteiger partial charge on any atom is 0.291 e. The summed E-state index contributed by atoms with van der Waals surface area (Å²) in [5.41, 5.74) is 0. The van der Waals surface area contributed by atoms with Gasteiger partial charge in [0.1, 0.15) is 0 Å². The molecule has 0 aliphatic carbocycles. The predicted molar refractivity (Wildman–Crippen MR) is 21.2 cm³/mol. The van der Waals surface area contributed by atoms with Crippen molar-refractivity contribution in [3.8, 4) is 0 Å². The van der Waals surface area contributed by atoms with E-state index in [1.54, 1.807) is 0 Å². The second kappa shape index (κ2) is 15.7. The van der Waals surface area contributed by atoms with E-state index >= 15 is 0 Å². The molecular weight excluding hydrogens is 341 g/mol. The number of rotatable bonds is 0. The number of nitrogens with zero attached hydrogens (tertiary/aromatic N) is 2. The summed E-state index contributed by atoms with van der Waals surface area (Å²) in [4.78, 5) is 16.7. The molecule has 10 heavy (non-hydrogen) atoms.